The van der Waals surface area contributed by atoms with E-state index in [1.54, 1.807) is 24.3 Å². The second-order valence-electron chi connectivity index (χ2n) is 9.90. The van der Waals surface area contributed by atoms with E-state index in [0.717, 1.165) is 32.1 Å². The smallest absolute Gasteiger partial charge is 0.338 e. The minimum absolute atomic E-state index is 0.285. The highest BCUT2D eigenvalue weighted by atomic mass is 35.5. The van der Waals surface area contributed by atoms with Crippen LogP contribution < -0.4 is 4.74 Å². The summed E-state index contributed by atoms with van der Waals surface area (Å²) in [5.41, 5.74) is 0. The zero-order valence-electron chi connectivity index (χ0n) is 20.6. The number of aliphatic hydroxyl groups is 1. The predicted octanol–water partition coefficient (Wildman–Crippen LogP) is 4.72. The van der Waals surface area contributed by atoms with Gasteiger partial charge in [0.25, 0.3) is 11.6 Å². The standard InChI is InChI=1S/C27H35ClO8/c1-2-3-8-18-17-26(34-21-9-4-6-15-31-21,33-20-13-11-19(28)12-14-20)27(23(18)24(29)25(30)36-27)35-22-10-5-7-16-32-22/h3,8,11-14,18,21-24,29H,2,4-7,9-10,15-17H2,1H3/b8-3+/t18-,21?,22?,23-,24?,26+,27+/m1/s1. The van der Waals surface area contributed by atoms with E-state index < -0.39 is 42.1 Å². The Kier molecular flexibility index (Phi) is 7.91. The molecule has 0 spiro atoms. The molecule has 3 saturated heterocycles. The lowest BCUT2D eigenvalue weighted by Crippen LogP contribution is -2.63. The number of fused-ring (bicyclic) bond motifs is 1. The fourth-order valence-electron chi connectivity index (χ4n) is 5.73. The molecule has 1 aliphatic carbocycles. The first-order chi connectivity index (χ1) is 17.5. The second kappa shape index (κ2) is 11.0. The molecule has 198 valence electrons. The molecule has 9 heteroatoms. The zero-order valence-corrected chi connectivity index (χ0v) is 21.4. The summed E-state index contributed by atoms with van der Waals surface area (Å²) in [4.78, 5) is 13.0. The number of esters is 1. The van der Waals surface area contributed by atoms with Gasteiger partial charge in [0.1, 0.15) is 5.75 Å². The van der Waals surface area contributed by atoms with Crippen LogP contribution in [0.3, 0.4) is 0 Å². The van der Waals surface area contributed by atoms with Gasteiger partial charge in [-0.3, -0.25) is 0 Å². The van der Waals surface area contributed by atoms with Gasteiger partial charge in [0.15, 0.2) is 18.7 Å². The molecule has 1 aromatic rings. The number of ether oxygens (including phenoxy) is 6. The van der Waals surface area contributed by atoms with E-state index in [9.17, 15) is 9.90 Å². The Balaban J connectivity index is 1.61. The van der Waals surface area contributed by atoms with Gasteiger partial charge < -0.3 is 33.5 Å². The predicted molar refractivity (Wildman–Crippen MR) is 130 cm³/mol. The number of hydrogen-bond donors (Lipinski definition) is 1. The van der Waals surface area contributed by atoms with E-state index in [1.165, 1.54) is 0 Å². The van der Waals surface area contributed by atoms with Crippen LogP contribution in [-0.4, -0.2) is 54.5 Å². The second-order valence-corrected chi connectivity index (χ2v) is 10.3. The minimum Gasteiger partial charge on any atom is -0.455 e. The van der Waals surface area contributed by atoms with Gasteiger partial charge >= 0.3 is 5.97 Å². The number of carbonyl (C=O) groups is 1. The van der Waals surface area contributed by atoms with E-state index in [0.29, 0.717) is 36.8 Å². The molecular formula is C27H35ClO8. The van der Waals surface area contributed by atoms with E-state index in [2.05, 4.69) is 0 Å². The van der Waals surface area contributed by atoms with Crippen molar-refractivity contribution in [3.05, 3.63) is 41.4 Å². The number of hydrogen-bond acceptors (Lipinski definition) is 8. The average molecular weight is 523 g/mol. The van der Waals surface area contributed by atoms with E-state index >= 15 is 0 Å². The fraction of sp³-hybridized carbons (Fsp3) is 0.667. The topological polar surface area (TPSA) is 92.7 Å². The Bertz CT molecular complexity index is 926. The van der Waals surface area contributed by atoms with Crippen LogP contribution in [0.1, 0.15) is 58.3 Å². The van der Waals surface area contributed by atoms with Crippen molar-refractivity contribution in [3.63, 3.8) is 0 Å². The molecule has 4 fully saturated rings. The largest absolute Gasteiger partial charge is 0.455 e. The molecule has 8 nitrogen and oxygen atoms in total. The van der Waals surface area contributed by atoms with Gasteiger partial charge in [0.2, 0.25) is 0 Å². The molecule has 7 atom stereocenters. The lowest BCUT2D eigenvalue weighted by atomic mass is 9.88. The third-order valence-corrected chi connectivity index (χ3v) is 7.64. The Morgan fingerprint density at radius 3 is 2.33 bits per heavy atom. The van der Waals surface area contributed by atoms with Gasteiger partial charge in [-0.1, -0.05) is 30.7 Å². The van der Waals surface area contributed by atoms with Crippen LogP contribution in [0.15, 0.2) is 36.4 Å². The quantitative estimate of drug-likeness (QED) is 0.298. The monoisotopic (exact) mass is 522 g/mol. The van der Waals surface area contributed by atoms with Gasteiger partial charge in [-0.25, -0.2) is 4.79 Å². The molecule has 1 aromatic carbocycles. The maximum Gasteiger partial charge on any atom is 0.338 e. The molecule has 5 rings (SSSR count). The lowest BCUT2D eigenvalue weighted by Gasteiger charge is -2.46. The van der Waals surface area contributed by atoms with Crippen molar-refractivity contribution >= 4 is 17.6 Å². The summed E-state index contributed by atoms with van der Waals surface area (Å²) >= 11 is 6.12. The summed E-state index contributed by atoms with van der Waals surface area (Å²) in [5.74, 6) is -4.69. The molecule has 0 radical (unpaired) electrons. The summed E-state index contributed by atoms with van der Waals surface area (Å²) in [7, 11) is 0. The lowest BCUT2D eigenvalue weighted by molar-refractivity contribution is -0.421. The number of rotatable bonds is 8. The number of aliphatic hydroxyl groups excluding tert-OH is 1. The van der Waals surface area contributed by atoms with Crippen molar-refractivity contribution in [1.82, 2.24) is 0 Å². The van der Waals surface area contributed by atoms with Gasteiger partial charge in [-0.15, -0.1) is 0 Å². The van der Waals surface area contributed by atoms with Crippen molar-refractivity contribution in [1.29, 1.82) is 0 Å². The molecule has 1 saturated carbocycles. The first-order valence-corrected chi connectivity index (χ1v) is 13.4. The highest BCUT2D eigenvalue weighted by Gasteiger charge is 2.78. The van der Waals surface area contributed by atoms with Crippen LogP contribution in [0.2, 0.25) is 5.02 Å². The van der Waals surface area contributed by atoms with Crippen LogP contribution in [-0.2, 0) is 28.5 Å². The van der Waals surface area contributed by atoms with Crippen molar-refractivity contribution in [2.75, 3.05) is 13.2 Å². The SMILES string of the molecule is CC/C=C/[C@@H]1C[C@](Oc2ccc(Cl)cc2)(OC2CCCCO2)[C@@]2(OC3CCCCO3)OC(=O)C(O)[C@@H]12. The Labute approximate surface area is 216 Å². The van der Waals surface area contributed by atoms with Crippen molar-refractivity contribution in [3.8, 4) is 5.75 Å². The van der Waals surface area contributed by atoms with Crippen molar-refractivity contribution in [2.24, 2.45) is 11.8 Å². The van der Waals surface area contributed by atoms with Gasteiger partial charge in [0, 0.05) is 24.7 Å². The third-order valence-electron chi connectivity index (χ3n) is 7.39. The maximum atomic E-state index is 13.0. The molecule has 0 amide bonds. The third kappa shape index (κ3) is 4.91. The van der Waals surface area contributed by atoms with Gasteiger partial charge in [-0.05, 0) is 75.1 Å². The first kappa shape index (κ1) is 25.9. The number of halogens is 1. The van der Waals surface area contributed by atoms with Crippen LogP contribution >= 0.6 is 11.6 Å². The molecule has 4 aliphatic rings. The van der Waals surface area contributed by atoms with Crippen molar-refractivity contribution < 1.29 is 38.3 Å². The Morgan fingerprint density at radius 2 is 1.72 bits per heavy atom. The van der Waals surface area contributed by atoms with E-state index in [4.69, 9.17) is 40.0 Å². The maximum absolute atomic E-state index is 13.0. The van der Waals surface area contributed by atoms with E-state index in [1.807, 2.05) is 19.1 Å². The molecule has 36 heavy (non-hydrogen) atoms. The van der Waals surface area contributed by atoms with Crippen LogP contribution in [0.5, 0.6) is 5.75 Å². The summed E-state index contributed by atoms with van der Waals surface area (Å²) in [5, 5.41) is 11.6. The van der Waals surface area contributed by atoms with E-state index in [-0.39, 0.29) is 12.3 Å². The summed E-state index contributed by atoms with van der Waals surface area (Å²) in [6, 6.07) is 6.90. The Hall–Kier alpha value is -1.68. The molecule has 0 bridgehead atoms. The zero-order chi connectivity index (χ0) is 25.2. The molecule has 1 N–H and O–H groups in total. The minimum atomic E-state index is -1.74. The van der Waals surface area contributed by atoms with Crippen LogP contribution in [0.25, 0.3) is 0 Å². The highest BCUT2D eigenvalue weighted by molar-refractivity contribution is 6.30. The Morgan fingerprint density at radius 1 is 1.06 bits per heavy atom. The summed E-state index contributed by atoms with van der Waals surface area (Å²) in [6.07, 6.45) is 7.51. The molecule has 0 aromatic heterocycles. The highest BCUT2D eigenvalue weighted by Crippen LogP contribution is 2.59. The van der Waals surface area contributed by atoms with Crippen LogP contribution in [0.4, 0.5) is 0 Å². The average Bonchev–Trinajstić information content (AvgIpc) is 3.28. The molecule has 3 heterocycles. The first-order valence-electron chi connectivity index (χ1n) is 13.1. The number of allylic oxidation sites excluding steroid dienone is 2. The normalized spacial score (nSPS) is 38.8. The molecule has 3 unspecified atom stereocenters. The summed E-state index contributed by atoms with van der Waals surface area (Å²) < 4.78 is 37.7. The fourth-order valence-corrected chi connectivity index (χ4v) is 5.85. The van der Waals surface area contributed by atoms with Gasteiger partial charge in [-0.2, -0.15) is 0 Å². The van der Waals surface area contributed by atoms with Crippen molar-refractivity contribution in [2.45, 2.75) is 88.5 Å². The summed E-state index contributed by atoms with van der Waals surface area (Å²) in [6.45, 7) is 3.13. The van der Waals surface area contributed by atoms with Crippen LogP contribution in [0, 0.1) is 11.8 Å². The van der Waals surface area contributed by atoms with Gasteiger partial charge in [0.05, 0.1) is 5.92 Å². The number of carbonyl (C=O) groups excluding carboxylic acids is 1. The molecule has 3 aliphatic heterocycles. The molecular weight excluding hydrogens is 488 g/mol. The number of benzene rings is 1.